The van der Waals surface area contributed by atoms with E-state index in [0.717, 1.165) is 17.4 Å². The van der Waals surface area contributed by atoms with E-state index in [4.69, 9.17) is 9.15 Å². The Labute approximate surface area is 144 Å². The van der Waals surface area contributed by atoms with E-state index in [1.807, 2.05) is 6.92 Å². The van der Waals surface area contributed by atoms with Crippen LogP contribution in [0.3, 0.4) is 0 Å². The minimum absolute atomic E-state index is 0.310. The largest absolute Gasteiger partial charge is 0.548 e. The van der Waals surface area contributed by atoms with Crippen LogP contribution in [-0.2, 0) is 9.59 Å². The van der Waals surface area contributed by atoms with Gasteiger partial charge in [-0.1, -0.05) is 19.8 Å². The van der Waals surface area contributed by atoms with Gasteiger partial charge in [-0.25, -0.2) is 4.79 Å². The van der Waals surface area contributed by atoms with Gasteiger partial charge in [0.05, 0.1) is 12.0 Å². The van der Waals surface area contributed by atoms with Crippen molar-refractivity contribution in [2.75, 3.05) is 6.61 Å². The number of aliphatic carboxylic acids is 1. The summed E-state index contributed by atoms with van der Waals surface area (Å²) in [5.74, 6) is -1.53. The normalized spacial score (nSPS) is 11.9. The first kappa shape index (κ1) is 18.5. The molecule has 0 saturated carbocycles. The lowest BCUT2D eigenvalue weighted by atomic mass is 10.1. The minimum Gasteiger partial charge on any atom is -0.548 e. The lowest BCUT2D eigenvalue weighted by Crippen LogP contribution is -2.49. The van der Waals surface area contributed by atoms with Crippen molar-refractivity contribution in [3.8, 4) is 5.75 Å². The topological polar surface area (TPSA) is 109 Å². The molecule has 1 N–H and O–H groups in total. The van der Waals surface area contributed by atoms with Crippen LogP contribution in [0.4, 0.5) is 0 Å². The molecule has 0 unspecified atom stereocenters. The number of carbonyl (C=O) groups is 2. The molecule has 1 atom stereocenters. The monoisotopic (exact) mass is 346 g/mol. The Kier molecular flexibility index (Phi) is 6.16. The molecule has 0 bridgehead atoms. The summed E-state index contributed by atoms with van der Waals surface area (Å²) in [5.41, 5.74) is 0.675. The van der Waals surface area contributed by atoms with Crippen molar-refractivity contribution in [1.29, 1.82) is 0 Å². The van der Waals surface area contributed by atoms with Crippen LogP contribution in [0.1, 0.15) is 31.7 Å². The summed E-state index contributed by atoms with van der Waals surface area (Å²) in [5, 5.41) is 14.2. The molecule has 0 radical (unpaired) electrons. The van der Waals surface area contributed by atoms with Crippen molar-refractivity contribution in [2.24, 2.45) is 0 Å². The third-order valence-corrected chi connectivity index (χ3v) is 3.76. The van der Waals surface area contributed by atoms with Crippen LogP contribution in [0.2, 0.25) is 0 Å². The van der Waals surface area contributed by atoms with E-state index >= 15 is 0 Å². The van der Waals surface area contributed by atoms with E-state index in [-0.39, 0.29) is 6.61 Å². The first-order valence-electron chi connectivity index (χ1n) is 8.08. The maximum absolute atomic E-state index is 11.9. The molecule has 25 heavy (non-hydrogen) atoms. The van der Waals surface area contributed by atoms with Gasteiger partial charge in [0.15, 0.2) is 6.61 Å². The fourth-order valence-electron chi connectivity index (χ4n) is 2.44. The van der Waals surface area contributed by atoms with Gasteiger partial charge in [0.1, 0.15) is 11.3 Å². The number of hydrogen-bond acceptors (Lipinski definition) is 6. The van der Waals surface area contributed by atoms with Gasteiger partial charge < -0.3 is 24.4 Å². The van der Waals surface area contributed by atoms with Crippen LogP contribution in [0, 0.1) is 6.92 Å². The maximum atomic E-state index is 11.9. The molecule has 1 aromatic heterocycles. The molecule has 1 amide bonds. The number of aryl methyl sites for hydroxylation is 1. The van der Waals surface area contributed by atoms with E-state index < -0.39 is 23.5 Å². The second-order valence-electron chi connectivity index (χ2n) is 5.78. The quantitative estimate of drug-likeness (QED) is 0.712. The van der Waals surface area contributed by atoms with Gasteiger partial charge in [-0.3, -0.25) is 4.79 Å². The molecule has 0 aliphatic heterocycles. The van der Waals surface area contributed by atoms with Gasteiger partial charge in [0.25, 0.3) is 5.91 Å². The third kappa shape index (κ3) is 5.07. The van der Waals surface area contributed by atoms with Crippen molar-refractivity contribution in [3.05, 3.63) is 40.2 Å². The summed E-state index contributed by atoms with van der Waals surface area (Å²) in [6, 6.07) is 5.26. The zero-order valence-corrected chi connectivity index (χ0v) is 14.2. The van der Waals surface area contributed by atoms with Crippen LogP contribution < -0.4 is 20.8 Å². The molecule has 2 rings (SSSR count). The standard InChI is InChI=1S/C18H21NO6/c1-3-4-5-14(18(22)23)19-16(20)10-24-12-6-7-13-11(2)8-17(21)25-15(13)9-12/h6-9,14H,3-5,10H2,1-2H3,(H,19,20)(H,22,23)/p-1/t14-/m1/s1. The second kappa shape index (κ2) is 8.32. The number of hydrogen-bond donors (Lipinski definition) is 1. The predicted molar refractivity (Wildman–Crippen MR) is 89.2 cm³/mol. The number of amides is 1. The summed E-state index contributed by atoms with van der Waals surface area (Å²) in [7, 11) is 0. The van der Waals surface area contributed by atoms with Gasteiger partial charge in [0, 0.05) is 17.5 Å². The van der Waals surface area contributed by atoms with Crippen LogP contribution in [0.5, 0.6) is 5.75 Å². The highest BCUT2D eigenvalue weighted by molar-refractivity contribution is 5.84. The number of fused-ring (bicyclic) bond motifs is 1. The van der Waals surface area contributed by atoms with Gasteiger partial charge in [0.2, 0.25) is 0 Å². The van der Waals surface area contributed by atoms with Crippen molar-refractivity contribution in [3.63, 3.8) is 0 Å². The summed E-state index contributed by atoms with van der Waals surface area (Å²) >= 11 is 0. The second-order valence-corrected chi connectivity index (χ2v) is 5.78. The Balaban J connectivity index is 2.00. The molecule has 1 aromatic carbocycles. The van der Waals surface area contributed by atoms with E-state index in [2.05, 4.69) is 5.32 Å². The maximum Gasteiger partial charge on any atom is 0.336 e. The fraction of sp³-hybridized carbons (Fsp3) is 0.389. The molecular formula is C18H20NO6-. The van der Waals surface area contributed by atoms with Crippen LogP contribution >= 0.6 is 0 Å². The van der Waals surface area contributed by atoms with Gasteiger partial charge in [-0.15, -0.1) is 0 Å². The lowest BCUT2D eigenvalue weighted by Gasteiger charge is -2.19. The van der Waals surface area contributed by atoms with E-state index in [1.165, 1.54) is 12.1 Å². The number of ether oxygens (including phenoxy) is 1. The molecule has 7 heteroatoms. The Bertz CT molecular complexity index is 826. The smallest absolute Gasteiger partial charge is 0.336 e. The molecular weight excluding hydrogens is 326 g/mol. The highest BCUT2D eigenvalue weighted by atomic mass is 16.5. The average molecular weight is 346 g/mol. The highest BCUT2D eigenvalue weighted by Crippen LogP contribution is 2.22. The van der Waals surface area contributed by atoms with Crippen molar-refractivity contribution < 1.29 is 23.8 Å². The van der Waals surface area contributed by atoms with Gasteiger partial charge in [-0.2, -0.15) is 0 Å². The lowest BCUT2D eigenvalue weighted by molar-refractivity contribution is -0.308. The molecule has 0 aliphatic carbocycles. The van der Waals surface area contributed by atoms with Gasteiger partial charge in [-0.05, 0) is 31.0 Å². The molecule has 0 spiro atoms. The Morgan fingerprint density at radius 1 is 1.32 bits per heavy atom. The summed E-state index contributed by atoms with van der Waals surface area (Å²) in [6.45, 7) is 3.37. The number of carboxylic acids is 1. The Morgan fingerprint density at radius 3 is 2.76 bits per heavy atom. The number of carboxylic acid groups (broad SMARTS) is 1. The van der Waals surface area contributed by atoms with Gasteiger partial charge >= 0.3 is 5.63 Å². The van der Waals surface area contributed by atoms with E-state index in [9.17, 15) is 19.5 Å². The highest BCUT2D eigenvalue weighted by Gasteiger charge is 2.13. The number of benzene rings is 1. The Morgan fingerprint density at radius 2 is 2.08 bits per heavy atom. The van der Waals surface area contributed by atoms with Crippen LogP contribution in [0.15, 0.2) is 33.5 Å². The molecule has 0 fully saturated rings. The third-order valence-electron chi connectivity index (χ3n) is 3.76. The fourth-order valence-corrected chi connectivity index (χ4v) is 2.44. The number of carbonyl (C=O) groups excluding carboxylic acids is 2. The molecule has 134 valence electrons. The van der Waals surface area contributed by atoms with E-state index in [0.29, 0.717) is 24.2 Å². The summed E-state index contributed by atoms with van der Waals surface area (Å²) in [6.07, 6.45) is 1.80. The van der Waals surface area contributed by atoms with Crippen LogP contribution in [0.25, 0.3) is 11.0 Å². The Hall–Kier alpha value is -2.83. The zero-order chi connectivity index (χ0) is 18.4. The number of rotatable bonds is 8. The molecule has 0 saturated heterocycles. The minimum atomic E-state index is -1.32. The average Bonchev–Trinajstić information content (AvgIpc) is 2.56. The molecule has 7 nitrogen and oxygen atoms in total. The summed E-state index contributed by atoms with van der Waals surface area (Å²) < 4.78 is 10.5. The van der Waals surface area contributed by atoms with Crippen molar-refractivity contribution in [2.45, 2.75) is 39.2 Å². The number of nitrogens with one attached hydrogen (secondary N) is 1. The first-order valence-corrected chi connectivity index (χ1v) is 8.08. The molecule has 2 aromatic rings. The molecule has 0 aliphatic rings. The predicted octanol–water partition coefficient (Wildman–Crippen LogP) is 0.905. The summed E-state index contributed by atoms with van der Waals surface area (Å²) in [4.78, 5) is 34.3. The first-order chi connectivity index (χ1) is 11.9. The molecule has 1 heterocycles. The van der Waals surface area contributed by atoms with Crippen molar-refractivity contribution in [1.82, 2.24) is 5.32 Å². The van der Waals surface area contributed by atoms with Crippen LogP contribution in [-0.4, -0.2) is 24.5 Å². The number of unbranched alkanes of at least 4 members (excludes halogenated alkanes) is 1. The van der Waals surface area contributed by atoms with Crippen molar-refractivity contribution >= 4 is 22.8 Å². The SMILES string of the molecule is CCCC[C@@H](NC(=O)COc1ccc2c(C)cc(=O)oc2c1)C(=O)[O-]. The zero-order valence-electron chi connectivity index (χ0n) is 14.2. The van der Waals surface area contributed by atoms with E-state index in [1.54, 1.807) is 19.1 Å².